The smallest absolute Gasteiger partial charge is 0.323 e. The topological polar surface area (TPSA) is 49.4 Å². The van der Waals surface area contributed by atoms with Gasteiger partial charge >= 0.3 is 6.03 Å². The zero-order chi connectivity index (χ0) is 14.0. The Kier molecular flexibility index (Phi) is 3.60. The quantitative estimate of drug-likeness (QED) is 0.846. The van der Waals surface area contributed by atoms with E-state index >= 15 is 0 Å². The average Bonchev–Trinajstić information content (AvgIpc) is 2.66. The van der Waals surface area contributed by atoms with Crippen molar-refractivity contribution in [1.29, 1.82) is 0 Å². The zero-order valence-electron chi connectivity index (χ0n) is 11.7. The lowest BCUT2D eigenvalue weighted by Gasteiger charge is -2.23. The predicted octanol–water partition coefficient (Wildman–Crippen LogP) is 2.61. The minimum Gasteiger partial charge on any atom is -0.323 e. The van der Waals surface area contributed by atoms with Crippen molar-refractivity contribution in [2.45, 2.75) is 45.7 Å². The third kappa shape index (κ3) is 2.35. The number of benzene rings is 1. The molecule has 1 aliphatic heterocycles. The van der Waals surface area contributed by atoms with Crippen LogP contribution in [0.25, 0.3) is 0 Å². The lowest BCUT2D eigenvalue weighted by molar-refractivity contribution is -0.132. The number of amides is 3. The molecule has 1 aromatic rings. The molecule has 19 heavy (non-hydrogen) atoms. The van der Waals surface area contributed by atoms with E-state index in [0.717, 1.165) is 11.1 Å². The van der Waals surface area contributed by atoms with Crippen LogP contribution in [0.5, 0.6) is 0 Å². The van der Waals surface area contributed by atoms with Gasteiger partial charge in [-0.2, -0.15) is 0 Å². The van der Waals surface area contributed by atoms with Gasteiger partial charge < -0.3 is 5.32 Å². The van der Waals surface area contributed by atoms with E-state index in [9.17, 15) is 9.59 Å². The number of urea groups is 1. The van der Waals surface area contributed by atoms with Crippen LogP contribution in [0.2, 0.25) is 0 Å². The standard InChI is InChI=1S/C15H20N2O2/c1-4-15(5-2)13(18)17(14(19)16-15)10-12-8-6-11(3)7-9-12/h6-9H,4-5,10H2,1-3H3,(H,16,19). The summed E-state index contributed by atoms with van der Waals surface area (Å²) in [5.41, 5.74) is 1.43. The predicted molar refractivity (Wildman–Crippen MR) is 73.6 cm³/mol. The van der Waals surface area contributed by atoms with Gasteiger partial charge in [-0.15, -0.1) is 0 Å². The summed E-state index contributed by atoms with van der Waals surface area (Å²) in [4.78, 5) is 25.7. The molecule has 0 spiro atoms. The zero-order valence-corrected chi connectivity index (χ0v) is 11.7. The van der Waals surface area contributed by atoms with Crippen LogP contribution in [0.15, 0.2) is 24.3 Å². The molecule has 0 atom stereocenters. The van der Waals surface area contributed by atoms with Crippen molar-refractivity contribution < 1.29 is 9.59 Å². The van der Waals surface area contributed by atoms with E-state index in [0.29, 0.717) is 19.4 Å². The molecule has 0 radical (unpaired) electrons. The number of rotatable bonds is 4. The molecular weight excluding hydrogens is 240 g/mol. The molecule has 2 rings (SSSR count). The highest BCUT2D eigenvalue weighted by Gasteiger charge is 2.48. The Morgan fingerprint density at radius 3 is 2.16 bits per heavy atom. The molecule has 0 unspecified atom stereocenters. The van der Waals surface area contributed by atoms with E-state index in [1.165, 1.54) is 4.90 Å². The summed E-state index contributed by atoms with van der Waals surface area (Å²) in [6.07, 6.45) is 1.25. The fourth-order valence-electron chi connectivity index (χ4n) is 2.43. The first-order chi connectivity index (χ1) is 9.02. The second-order valence-electron chi connectivity index (χ2n) is 5.10. The Bertz CT molecular complexity index is 489. The molecule has 1 aromatic carbocycles. The van der Waals surface area contributed by atoms with Gasteiger partial charge in [-0.05, 0) is 25.3 Å². The van der Waals surface area contributed by atoms with Gasteiger partial charge in [0.15, 0.2) is 0 Å². The Balaban J connectivity index is 2.19. The largest absolute Gasteiger partial charge is 0.325 e. The van der Waals surface area contributed by atoms with E-state index in [2.05, 4.69) is 5.32 Å². The van der Waals surface area contributed by atoms with Crippen molar-refractivity contribution in [3.05, 3.63) is 35.4 Å². The number of carbonyl (C=O) groups is 2. The van der Waals surface area contributed by atoms with Crippen LogP contribution >= 0.6 is 0 Å². The van der Waals surface area contributed by atoms with E-state index in [1.807, 2.05) is 45.0 Å². The van der Waals surface area contributed by atoms with Crippen LogP contribution in [-0.4, -0.2) is 22.4 Å². The van der Waals surface area contributed by atoms with Gasteiger partial charge in [-0.3, -0.25) is 9.69 Å². The van der Waals surface area contributed by atoms with Gasteiger partial charge in [0.25, 0.3) is 5.91 Å². The minimum absolute atomic E-state index is 0.108. The molecular formula is C15H20N2O2. The lowest BCUT2D eigenvalue weighted by Crippen LogP contribution is -2.45. The van der Waals surface area contributed by atoms with Gasteiger partial charge in [0.2, 0.25) is 0 Å². The van der Waals surface area contributed by atoms with Crippen LogP contribution in [0.1, 0.15) is 37.8 Å². The molecule has 1 N–H and O–H groups in total. The highest BCUT2D eigenvalue weighted by molar-refractivity contribution is 6.06. The van der Waals surface area contributed by atoms with Crippen LogP contribution in [-0.2, 0) is 11.3 Å². The highest BCUT2D eigenvalue weighted by atomic mass is 16.2. The summed E-state index contributed by atoms with van der Waals surface area (Å²) in [5.74, 6) is -0.108. The van der Waals surface area contributed by atoms with Crippen LogP contribution in [0.4, 0.5) is 4.79 Å². The van der Waals surface area contributed by atoms with Crippen LogP contribution in [0, 0.1) is 6.92 Å². The molecule has 102 valence electrons. The van der Waals surface area contributed by atoms with Crippen LogP contribution < -0.4 is 5.32 Å². The molecule has 1 saturated heterocycles. The van der Waals surface area contributed by atoms with Gasteiger partial charge in [0, 0.05) is 0 Å². The molecule has 1 aliphatic rings. The first-order valence-corrected chi connectivity index (χ1v) is 6.72. The second-order valence-corrected chi connectivity index (χ2v) is 5.10. The Labute approximate surface area is 113 Å². The van der Waals surface area contributed by atoms with Gasteiger partial charge in [0.05, 0.1) is 6.54 Å². The Morgan fingerprint density at radius 1 is 1.11 bits per heavy atom. The highest BCUT2D eigenvalue weighted by Crippen LogP contribution is 2.26. The monoisotopic (exact) mass is 260 g/mol. The third-order valence-corrected chi connectivity index (χ3v) is 3.91. The van der Waals surface area contributed by atoms with Gasteiger partial charge in [0.1, 0.15) is 5.54 Å². The summed E-state index contributed by atoms with van der Waals surface area (Å²) in [6.45, 7) is 6.21. The van der Waals surface area contributed by atoms with Crippen molar-refractivity contribution >= 4 is 11.9 Å². The number of hydrogen-bond acceptors (Lipinski definition) is 2. The molecule has 3 amide bonds. The molecule has 1 heterocycles. The van der Waals surface area contributed by atoms with Gasteiger partial charge in [-0.1, -0.05) is 43.7 Å². The summed E-state index contributed by atoms with van der Waals surface area (Å²) >= 11 is 0. The van der Waals surface area contributed by atoms with E-state index < -0.39 is 5.54 Å². The Hall–Kier alpha value is -1.84. The third-order valence-electron chi connectivity index (χ3n) is 3.91. The van der Waals surface area contributed by atoms with E-state index in [4.69, 9.17) is 0 Å². The molecule has 0 aliphatic carbocycles. The SMILES string of the molecule is CCC1(CC)NC(=O)N(Cc2ccc(C)cc2)C1=O. The first kappa shape index (κ1) is 13.6. The number of imide groups is 1. The normalized spacial score (nSPS) is 17.7. The average molecular weight is 260 g/mol. The first-order valence-electron chi connectivity index (χ1n) is 6.72. The number of nitrogens with one attached hydrogen (secondary N) is 1. The Morgan fingerprint density at radius 2 is 1.68 bits per heavy atom. The van der Waals surface area contributed by atoms with E-state index in [1.54, 1.807) is 0 Å². The van der Waals surface area contributed by atoms with Gasteiger partial charge in [-0.25, -0.2) is 4.79 Å². The van der Waals surface area contributed by atoms with Crippen molar-refractivity contribution in [2.75, 3.05) is 0 Å². The summed E-state index contributed by atoms with van der Waals surface area (Å²) in [7, 11) is 0. The summed E-state index contributed by atoms with van der Waals surface area (Å²) < 4.78 is 0. The fourth-order valence-corrected chi connectivity index (χ4v) is 2.43. The lowest BCUT2D eigenvalue weighted by atomic mass is 9.93. The maximum absolute atomic E-state index is 12.4. The number of nitrogens with zero attached hydrogens (tertiary/aromatic N) is 1. The van der Waals surface area contributed by atoms with Crippen LogP contribution in [0.3, 0.4) is 0 Å². The number of hydrogen-bond donors (Lipinski definition) is 1. The van der Waals surface area contributed by atoms with Crippen molar-refractivity contribution in [2.24, 2.45) is 0 Å². The second kappa shape index (κ2) is 5.03. The minimum atomic E-state index is -0.707. The van der Waals surface area contributed by atoms with Crippen molar-refractivity contribution in [1.82, 2.24) is 10.2 Å². The maximum Gasteiger partial charge on any atom is 0.325 e. The molecule has 0 aromatic heterocycles. The van der Waals surface area contributed by atoms with E-state index in [-0.39, 0.29) is 11.9 Å². The van der Waals surface area contributed by atoms with Crippen molar-refractivity contribution in [3.63, 3.8) is 0 Å². The summed E-state index contributed by atoms with van der Waals surface area (Å²) in [5, 5.41) is 2.84. The van der Waals surface area contributed by atoms with Crippen molar-refractivity contribution in [3.8, 4) is 0 Å². The summed E-state index contributed by atoms with van der Waals surface area (Å²) in [6, 6.07) is 7.59. The molecule has 4 heteroatoms. The number of aryl methyl sites for hydroxylation is 1. The molecule has 1 fully saturated rings. The fraction of sp³-hybridized carbons (Fsp3) is 0.467. The molecule has 0 bridgehead atoms. The molecule has 4 nitrogen and oxygen atoms in total. The maximum atomic E-state index is 12.4. The number of carbonyl (C=O) groups excluding carboxylic acids is 2. The molecule has 0 saturated carbocycles.